The zero-order chi connectivity index (χ0) is 13.9. The molecule has 1 aromatic heterocycles. The second-order valence-corrected chi connectivity index (χ2v) is 6.07. The first kappa shape index (κ1) is 16.5. The zero-order valence-corrected chi connectivity index (χ0v) is 13.6. The van der Waals surface area contributed by atoms with Crippen LogP contribution < -0.4 is 10.6 Å². The van der Waals surface area contributed by atoms with Crippen molar-refractivity contribution in [2.24, 2.45) is 0 Å². The fourth-order valence-electron chi connectivity index (χ4n) is 1.40. The van der Waals surface area contributed by atoms with Crippen LogP contribution in [-0.2, 0) is 11.3 Å². The Morgan fingerprint density at radius 2 is 2.16 bits per heavy atom. The molecule has 1 heterocycles. The summed E-state index contributed by atoms with van der Waals surface area (Å²) in [5, 5.41) is 7.64. The lowest BCUT2D eigenvalue weighted by Crippen LogP contribution is -2.35. The van der Waals surface area contributed by atoms with Crippen LogP contribution in [0.25, 0.3) is 0 Å². The highest BCUT2D eigenvalue weighted by Crippen LogP contribution is 2.19. The number of hydrogen-bond acceptors (Lipinski definition) is 3. The molecule has 2 amide bonds. The van der Waals surface area contributed by atoms with Crippen molar-refractivity contribution < 1.29 is 9.53 Å². The van der Waals surface area contributed by atoms with E-state index in [-0.39, 0.29) is 6.03 Å². The van der Waals surface area contributed by atoms with Crippen LogP contribution >= 0.6 is 27.3 Å². The van der Waals surface area contributed by atoms with Crippen LogP contribution in [-0.4, -0.2) is 25.8 Å². The summed E-state index contributed by atoms with van der Waals surface area (Å²) >= 11 is 5.01. The number of urea groups is 1. The van der Waals surface area contributed by atoms with E-state index in [0.29, 0.717) is 19.7 Å². The predicted molar refractivity (Wildman–Crippen MR) is 82.6 cm³/mol. The van der Waals surface area contributed by atoms with Crippen LogP contribution in [0.2, 0.25) is 0 Å². The number of carbonyl (C=O) groups excluding carboxylic acids is 1. The van der Waals surface area contributed by atoms with Gasteiger partial charge in [-0.3, -0.25) is 0 Å². The molecule has 0 unspecified atom stereocenters. The molecule has 0 aromatic carbocycles. The average Bonchev–Trinajstić information content (AvgIpc) is 2.81. The van der Waals surface area contributed by atoms with E-state index in [1.54, 1.807) is 11.3 Å². The minimum atomic E-state index is -0.127. The molecule has 6 heteroatoms. The number of amides is 2. The van der Waals surface area contributed by atoms with Crippen LogP contribution in [0.15, 0.2) is 15.9 Å². The summed E-state index contributed by atoms with van der Waals surface area (Å²) in [6, 6.07) is 1.88. The molecule has 108 valence electrons. The van der Waals surface area contributed by atoms with Crippen molar-refractivity contribution in [3.8, 4) is 0 Å². The molecule has 0 fully saturated rings. The Bertz CT molecular complexity index is 371. The molecular formula is C13H21BrN2O2S. The number of thiophene rings is 1. The molecule has 0 saturated carbocycles. The fraction of sp³-hybridized carbons (Fsp3) is 0.615. The maximum atomic E-state index is 11.5. The molecular weight excluding hydrogens is 328 g/mol. The normalized spacial score (nSPS) is 10.4. The van der Waals surface area contributed by atoms with Gasteiger partial charge < -0.3 is 15.4 Å². The van der Waals surface area contributed by atoms with Crippen molar-refractivity contribution in [2.45, 2.75) is 32.7 Å². The maximum absolute atomic E-state index is 11.5. The van der Waals surface area contributed by atoms with E-state index >= 15 is 0 Å². The van der Waals surface area contributed by atoms with Crippen molar-refractivity contribution in [2.75, 3.05) is 19.8 Å². The molecule has 4 nitrogen and oxygen atoms in total. The van der Waals surface area contributed by atoms with Crippen LogP contribution in [0.5, 0.6) is 0 Å². The van der Waals surface area contributed by atoms with Gasteiger partial charge in [0.25, 0.3) is 0 Å². The van der Waals surface area contributed by atoms with Gasteiger partial charge in [0.05, 0.1) is 6.54 Å². The highest BCUT2D eigenvalue weighted by Gasteiger charge is 2.01. The van der Waals surface area contributed by atoms with Gasteiger partial charge in [-0.25, -0.2) is 4.79 Å². The molecule has 0 radical (unpaired) electrons. The van der Waals surface area contributed by atoms with Crippen molar-refractivity contribution in [3.63, 3.8) is 0 Å². The monoisotopic (exact) mass is 348 g/mol. The van der Waals surface area contributed by atoms with Gasteiger partial charge >= 0.3 is 6.03 Å². The second kappa shape index (κ2) is 10.2. The zero-order valence-electron chi connectivity index (χ0n) is 11.2. The number of carbonyl (C=O) groups is 1. The van der Waals surface area contributed by atoms with Crippen LogP contribution in [0, 0.1) is 0 Å². The summed E-state index contributed by atoms with van der Waals surface area (Å²) in [5.41, 5.74) is 0. The Morgan fingerprint density at radius 1 is 1.37 bits per heavy atom. The first-order valence-electron chi connectivity index (χ1n) is 6.54. The molecule has 0 aliphatic carbocycles. The minimum Gasteiger partial charge on any atom is -0.381 e. The molecule has 2 N–H and O–H groups in total. The van der Waals surface area contributed by atoms with E-state index in [9.17, 15) is 4.79 Å². The van der Waals surface area contributed by atoms with Crippen LogP contribution in [0.3, 0.4) is 0 Å². The summed E-state index contributed by atoms with van der Waals surface area (Å²) < 4.78 is 6.47. The van der Waals surface area contributed by atoms with E-state index in [4.69, 9.17) is 4.74 Å². The molecule has 1 aromatic rings. The van der Waals surface area contributed by atoms with Crippen LogP contribution in [0.1, 0.15) is 31.1 Å². The second-order valence-electron chi connectivity index (χ2n) is 4.16. The molecule has 0 spiro atoms. The molecule has 19 heavy (non-hydrogen) atoms. The van der Waals surface area contributed by atoms with Gasteiger partial charge in [0.2, 0.25) is 0 Å². The quantitative estimate of drug-likeness (QED) is 0.670. The SMILES string of the molecule is CCCCOCCCNC(=O)NCc1cc(Br)cs1. The molecule has 0 atom stereocenters. The summed E-state index contributed by atoms with van der Waals surface area (Å²) in [4.78, 5) is 12.6. The Labute approximate surface area is 127 Å². The van der Waals surface area contributed by atoms with E-state index in [1.165, 1.54) is 0 Å². The topological polar surface area (TPSA) is 50.4 Å². The molecule has 0 aliphatic rings. The Balaban J connectivity index is 1.96. The third-order valence-corrected chi connectivity index (χ3v) is 4.14. The number of unbranched alkanes of at least 4 members (excludes halogenated alkanes) is 1. The first-order chi connectivity index (χ1) is 9.22. The average molecular weight is 349 g/mol. The molecule has 0 saturated heterocycles. The van der Waals surface area contributed by atoms with Gasteiger partial charge in [0.1, 0.15) is 0 Å². The van der Waals surface area contributed by atoms with Gasteiger partial charge in [-0.15, -0.1) is 11.3 Å². The highest BCUT2D eigenvalue weighted by atomic mass is 79.9. The lowest BCUT2D eigenvalue weighted by molar-refractivity contribution is 0.129. The summed E-state index contributed by atoms with van der Waals surface area (Å²) in [6.07, 6.45) is 3.10. The minimum absolute atomic E-state index is 0.127. The van der Waals surface area contributed by atoms with E-state index < -0.39 is 0 Å². The van der Waals surface area contributed by atoms with Crippen molar-refractivity contribution in [1.29, 1.82) is 0 Å². The van der Waals surface area contributed by atoms with Gasteiger partial charge in [-0.05, 0) is 34.8 Å². The van der Waals surface area contributed by atoms with Crippen LogP contribution in [0.4, 0.5) is 4.79 Å². The van der Waals surface area contributed by atoms with E-state index in [1.807, 2.05) is 11.4 Å². The smallest absolute Gasteiger partial charge is 0.315 e. The number of hydrogen-bond donors (Lipinski definition) is 2. The van der Waals surface area contributed by atoms with Crippen molar-refractivity contribution in [1.82, 2.24) is 10.6 Å². The lowest BCUT2D eigenvalue weighted by Gasteiger charge is -2.07. The Hall–Kier alpha value is -0.590. The molecule has 1 rings (SSSR count). The number of halogens is 1. The molecule has 0 aliphatic heterocycles. The highest BCUT2D eigenvalue weighted by molar-refractivity contribution is 9.10. The van der Waals surface area contributed by atoms with Gasteiger partial charge in [0.15, 0.2) is 0 Å². The Morgan fingerprint density at radius 3 is 2.84 bits per heavy atom. The first-order valence-corrected chi connectivity index (χ1v) is 8.22. The summed E-state index contributed by atoms with van der Waals surface area (Å²) in [6.45, 7) is 4.87. The third-order valence-electron chi connectivity index (χ3n) is 2.44. The number of nitrogens with one attached hydrogen (secondary N) is 2. The summed E-state index contributed by atoms with van der Waals surface area (Å²) in [7, 11) is 0. The lowest BCUT2D eigenvalue weighted by atomic mass is 10.4. The standard InChI is InChI=1S/C13H21BrN2O2S/c1-2-3-6-18-7-4-5-15-13(17)16-9-12-8-11(14)10-19-12/h8,10H,2-7,9H2,1H3,(H2,15,16,17). The largest absolute Gasteiger partial charge is 0.381 e. The predicted octanol–water partition coefficient (Wildman–Crippen LogP) is 3.52. The third kappa shape index (κ3) is 8.23. The van der Waals surface area contributed by atoms with Gasteiger partial charge in [0, 0.05) is 34.5 Å². The van der Waals surface area contributed by atoms with Gasteiger partial charge in [-0.2, -0.15) is 0 Å². The van der Waals surface area contributed by atoms with E-state index in [2.05, 4.69) is 33.5 Å². The van der Waals surface area contributed by atoms with Gasteiger partial charge in [-0.1, -0.05) is 13.3 Å². The maximum Gasteiger partial charge on any atom is 0.315 e. The van der Waals surface area contributed by atoms with E-state index in [0.717, 1.165) is 35.2 Å². The fourth-order valence-corrected chi connectivity index (χ4v) is 2.79. The summed E-state index contributed by atoms with van der Waals surface area (Å²) in [5.74, 6) is 0. The van der Waals surface area contributed by atoms with Crippen molar-refractivity contribution in [3.05, 3.63) is 20.8 Å². The molecule has 0 bridgehead atoms. The number of ether oxygens (including phenoxy) is 1. The Kier molecular flexibility index (Phi) is 8.86. The number of rotatable bonds is 9. The van der Waals surface area contributed by atoms with Crippen molar-refractivity contribution >= 4 is 33.3 Å².